The van der Waals surface area contributed by atoms with E-state index in [4.69, 9.17) is 13.8 Å². The molecule has 5 nitrogen and oxygen atoms in total. The highest BCUT2D eigenvalue weighted by Crippen LogP contribution is 2.55. The van der Waals surface area contributed by atoms with E-state index in [1.165, 1.54) is 0 Å². The molecule has 114 valence electrons. The second kappa shape index (κ2) is 10.4. The van der Waals surface area contributed by atoms with E-state index in [1.807, 2.05) is 0 Å². The first-order chi connectivity index (χ1) is 9.05. The number of esters is 1. The van der Waals surface area contributed by atoms with Crippen molar-refractivity contribution in [2.75, 3.05) is 19.8 Å². The van der Waals surface area contributed by atoms with Gasteiger partial charge < -0.3 is 13.8 Å². The van der Waals surface area contributed by atoms with E-state index in [0.717, 1.165) is 19.3 Å². The average molecular weight is 294 g/mol. The fourth-order valence-electron chi connectivity index (χ4n) is 1.81. The highest BCUT2D eigenvalue weighted by atomic mass is 31.2. The summed E-state index contributed by atoms with van der Waals surface area (Å²) >= 11 is 0. The summed E-state index contributed by atoms with van der Waals surface area (Å²) in [6.45, 7) is 8.04. The third-order valence-electron chi connectivity index (χ3n) is 2.64. The van der Waals surface area contributed by atoms with Crippen molar-refractivity contribution in [2.24, 2.45) is 0 Å². The molecule has 0 aromatic heterocycles. The minimum atomic E-state index is -3.43. The maximum absolute atomic E-state index is 12.7. The topological polar surface area (TPSA) is 61.8 Å². The first-order valence-corrected chi connectivity index (χ1v) is 8.72. The van der Waals surface area contributed by atoms with Crippen LogP contribution < -0.4 is 0 Å². The Labute approximate surface area is 116 Å². The molecule has 0 heterocycles. The lowest BCUT2D eigenvalue weighted by Crippen LogP contribution is -2.26. The van der Waals surface area contributed by atoms with Crippen LogP contribution in [0.1, 0.15) is 53.4 Å². The van der Waals surface area contributed by atoms with Crippen LogP contribution in [-0.4, -0.2) is 31.4 Å². The average Bonchev–Trinajstić information content (AvgIpc) is 2.35. The van der Waals surface area contributed by atoms with Crippen LogP contribution in [0.2, 0.25) is 0 Å². The SMILES string of the molecule is CCCCC[C@H](C(=O)OCC)P(=O)(OCC)OCC. The van der Waals surface area contributed by atoms with Gasteiger partial charge in [0.25, 0.3) is 0 Å². The van der Waals surface area contributed by atoms with Crippen LogP contribution in [0.25, 0.3) is 0 Å². The van der Waals surface area contributed by atoms with Gasteiger partial charge in [-0.1, -0.05) is 26.2 Å². The molecular weight excluding hydrogens is 267 g/mol. The third-order valence-corrected chi connectivity index (χ3v) is 5.11. The van der Waals surface area contributed by atoms with Crippen molar-refractivity contribution in [3.63, 3.8) is 0 Å². The molecule has 19 heavy (non-hydrogen) atoms. The first kappa shape index (κ1) is 18.6. The normalized spacial score (nSPS) is 13.3. The Morgan fingerprint density at radius 3 is 2.00 bits per heavy atom. The molecule has 0 unspecified atom stereocenters. The molecule has 0 aromatic carbocycles. The van der Waals surface area contributed by atoms with Gasteiger partial charge in [0.2, 0.25) is 0 Å². The standard InChI is InChI=1S/C13H27O5P/c1-5-9-10-11-12(13(14)16-6-2)19(15,17-7-3)18-8-4/h12H,5-11H2,1-4H3/t12-/m1/s1. The van der Waals surface area contributed by atoms with Crippen LogP contribution in [-0.2, 0) is 23.1 Å². The van der Waals surface area contributed by atoms with Crippen molar-refractivity contribution in [1.29, 1.82) is 0 Å². The van der Waals surface area contributed by atoms with Crippen molar-refractivity contribution in [3.8, 4) is 0 Å². The third kappa shape index (κ3) is 6.55. The molecule has 1 atom stereocenters. The van der Waals surface area contributed by atoms with Crippen molar-refractivity contribution < 1.29 is 23.1 Å². The van der Waals surface area contributed by atoms with E-state index in [-0.39, 0.29) is 19.8 Å². The van der Waals surface area contributed by atoms with E-state index in [1.54, 1.807) is 20.8 Å². The quantitative estimate of drug-likeness (QED) is 0.330. The maximum atomic E-state index is 12.7. The molecule has 0 aliphatic rings. The minimum absolute atomic E-state index is 0.251. The first-order valence-electron chi connectivity index (χ1n) is 7.11. The van der Waals surface area contributed by atoms with Gasteiger partial charge in [0.1, 0.15) is 0 Å². The van der Waals surface area contributed by atoms with Gasteiger partial charge in [-0.3, -0.25) is 9.36 Å². The van der Waals surface area contributed by atoms with Gasteiger partial charge in [-0.05, 0) is 27.2 Å². The van der Waals surface area contributed by atoms with E-state index in [0.29, 0.717) is 6.42 Å². The summed E-state index contributed by atoms with van der Waals surface area (Å²) in [6, 6.07) is 0. The van der Waals surface area contributed by atoms with E-state index in [9.17, 15) is 9.36 Å². The number of hydrogen-bond acceptors (Lipinski definition) is 5. The highest BCUT2D eigenvalue weighted by molar-refractivity contribution is 7.55. The van der Waals surface area contributed by atoms with Crippen LogP contribution in [0.4, 0.5) is 0 Å². The monoisotopic (exact) mass is 294 g/mol. The fourth-order valence-corrected chi connectivity index (χ4v) is 3.79. The summed E-state index contributed by atoms with van der Waals surface area (Å²) < 4.78 is 28.2. The van der Waals surface area contributed by atoms with Crippen molar-refractivity contribution in [2.45, 2.75) is 59.0 Å². The van der Waals surface area contributed by atoms with Gasteiger partial charge >= 0.3 is 13.6 Å². The minimum Gasteiger partial charge on any atom is -0.465 e. The second-order valence-electron chi connectivity index (χ2n) is 4.14. The highest BCUT2D eigenvalue weighted by Gasteiger charge is 2.41. The van der Waals surface area contributed by atoms with E-state index >= 15 is 0 Å². The van der Waals surface area contributed by atoms with E-state index in [2.05, 4.69) is 6.92 Å². The molecule has 0 N–H and O–H groups in total. The number of rotatable bonds is 11. The Morgan fingerprint density at radius 1 is 1.00 bits per heavy atom. The molecule has 6 heteroatoms. The molecule has 0 aliphatic carbocycles. The van der Waals surface area contributed by atoms with Gasteiger partial charge in [0.05, 0.1) is 19.8 Å². The van der Waals surface area contributed by atoms with Gasteiger partial charge in [-0.25, -0.2) is 0 Å². The molecule has 0 radical (unpaired) electrons. The van der Waals surface area contributed by atoms with Crippen molar-refractivity contribution in [1.82, 2.24) is 0 Å². The van der Waals surface area contributed by atoms with Crippen LogP contribution in [0, 0.1) is 0 Å². The number of hydrogen-bond donors (Lipinski definition) is 0. The summed E-state index contributed by atoms with van der Waals surface area (Å²) in [7, 11) is -3.43. The van der Waals surface area contributed by atoms with Crippen LogP contribution in [0.3, 0.4) is 0 Å². The molecule has 0 aromatic rings. The van der Waals surface area contributed by atoms with Crippen molar-refractivity contribution in [3.05, 3.63) is 0 Å². The second-order valence-corrected chi connectivity index (χ2v) is 6.36. The molecule has 0 aliphatic heterocycles. The lowest BCUT2D eigenvalue weighted by molar-refractivity contribution is -0.143. The Kier molecular flexibility index (Phi) is 10.2. The zero-order valence-corrected chi connectivity index (χ0v) is 13.4. The largest absolute Gasteiger partial charge is 0.465 e. The lowest BCUT2D eigenvalue weighted by Gasteiger charge is -2.24. The molecule has 0 spiro atoms. The smallest absolute Gasteiger partial charge is 0.344 e. The Bertz CT molecular complexity index is 283. The van der Waals surface area contributed by atoms with Gasteiger partial charge in [0.15, 0.2) is 5.66 Å². The zero-order chi connectivity index (χ0) is 14.7. The maximum Gasteiger partial charge on any atom is 0.344 e. The Hall–Kier alpha value is -0.380. The summed E-state index contributed by atoms with van der Waals surface area (Å²) in [5.74, 6) is -0.483. The molecule has 0 bridgehead atoms. The predicted molar refractivity (Wildman–Crippen MR) is 75.4 cm³/mol. The molecule has 0 rings (SSSR count). The number of carbonyl (C=O) groups excluding carboxylic acids is 1. The van der Waals surface area contributed by atoms with Crippen LogP contribution in [0.15, 0.2) is 0 Å². The Balaban J connectivity index is 4.92. The number of carbonyl (C=O) groups is 1. The fraction of sp³-hybridized carbons (Fsp3) is 0.923. The van der Waals surface area contributed by atoms with Gasteiger partial charge in [-0.2, -0.15) is 0 Å². The summed E-state index contributed by atoms with van der Waals surface area (Å²) in [5.41, 5.74) is -0.807. The van der Waals surface area contributed by atoms with Crippen molar-refractivity contribution >= 4 is 13.6 Å². The van der Waals surface area contributed by atoms with Gasteiger partial charge in [0, 0.05) is 0 Å². The lowest BCUT2D eigenvalue weighted by atomic mass is 10.1. The van der Waals surface area contributed by atoms with Crippen LogP contribution >= 0.6 is 7.60 Å². The molecule has 0 saturated carbocycles. The van der Waals surface area contributed by atoms with Gasteiger partial charge in [-0.15, -0.1) is 0 Å². The molecule has 0 saturated heterocycles. The number of unbranched alkanes of at least 4 members (excludes halogenated alkanes) is 2. The summed E-state index contributed by atoms with van der Waals surface area (Å²) in [5, 5.41) is 0. The van der Waals surface area contributed by atoms with Crippen LogP contribution in [0.5, 0.6) is 0 Å². The predicted octanol–water partition coefficient (Wildman–Crippen LogP) is 3.76. The zero-order valence-electron chi connectivity index (χ0n) is 12.5. The molecule has 0 fully saturated rings. The Morgan fingerprint density at radius 2 is 1.58 bits per heavy atom. The molecular formula is C13H27O5P. The molecule has 0 amide bonds. The summed E-state index contributed by atoms with van der Waals surface area (Å²) in [6.07, 6.45) is 3.30. The summed E-state index contributed by atoms with van der Waals surface area (Å²) in [4.78, 5) is 12.0. The number of ether oxygens (including phenoxy) is 1. The van der Waals surface area contributed by atoms with E-state index < -0.39 is 19.2 Å².